The first-order valence-corrected chi connectivity index (χ1v) is 15.6. The maximum Gasteiger partial charge on any atom is 0.258 e. The lowest BCUT2D eigenvalue weighted by Gasteiger charge is -2.20. The van der Waals surface area contributed by atoms with E-state index in [4.69, 9.17) is 9.26 Å². The van der Waals surface area contributed by atoms with E-state index >= 15 is 4.39 Å². The van der Waals surface area contributed by atoms with Gasteiger partial charge in [-0.1, -0.05) is 25.9 Å². The summed E-state index contributed by atoms with van der Waals surface area (Å²) in [6.07, 6.45) is 2.84. The molecular formula is C34H35FN6O4. The fourth-order valence-electron chi connectivity index (χ4n) is 6.08. The van der Waals surface area contributed by atoms with Crippen molar-refractivity contribution in [3.05, 3.63) is 71.4 Å². The number of amides is 2. The maximum atomic E-state index is 15.9. The van der Waals surface area contributed by atoms with E-state index in [2.05, 4.69) is 34.2 Å². The molecule has 2 aliphatic heterocycles. The van der Waals surface area contributed by atoms with Crippen molar-refractivity contribution in [1.82, 2.24) is 30.1 Å². The van der Waals surface area contributed by atoms with Gasteiger partial charge in [-0.25, -0.2) is 4.39 Å². The molecule has 0 spiro atoms. The molecule has 2 aromatic heterocycles. The number of rotatable bonds is 9. The van der Waals surface area contributed by atoms with E-state index < -0.39 is 5.82 Å². The number of likely N-dealkylation sites (tertiary alicyclic amines) is 2. The van der Waals surface area contributed by atoms with Crippen molar-refractivity contribution >= 4 is 11.8 Å². The molecule has 7 rings (SSSR count). The van der Waals surface area contributed by atoms with E-state index in [0.717, 1.165) is 29.8 Å². The van der Waals surface area contributed by atoms with E-state index in [1.54, 1.807) is 23.1 Å². The largest absolute Gasteiger partial charge is 0.457 e. The first-order chi connectivity index (χ1) is 21.7. The van der Waals surface area contributed by atoms with Crippen LogP contribution >= 0.6 is 0 Å². The molecule has 4 heterocycles. The number of benzene rings is 2. The third-order valence-corrected chi connectivity index (χ3v) is 8.77. The summed E-state index contributed by atoms with van der Waals surface area (Å²) >= 11 is 0. The summed E-state index contributed by atoms with van der Waals surface area (Å²) in [5, 5.41) is 12.8. The molecule has 2 saturated heterocycles. The molecule has 0 radical (unpaired) electrons. The molecule has 4 aromatic rings. The van der Waals surface area contributed by atoms with Crippen molar-refractivity contribution in [3.8, 4) is 34.2 Å². The Labute approximate surface area is 260 Å². The lowest BCUT2D eigenvalue weighted by atomic mass is 10.1. The molecule has 0 N–H and O–H groups in total. The molecule has 1 aliphatic carbocycles. The maximum absolute atomic E-state index is 15.9. The average Bonchev–Trinajstić information content (AvgIpc) is 3.45. The highest BCUT2D eigenvalue weighted by Gasteiger charge is 2.41. The van der Waals surface area contributed by atoms with Crippen LogP contribution in [-0.2, 0) is 16.1 Å². The molecule has 2 unspecified atom stereocenters. The van der Waals surface area contributed by atoms with Gasteiger partial charge in [0.05, 0.1) is 17.9 Å². The molecule has 232 valence electrons. The van der Waals surface area contributed by atoms with Gasteiger partial charge in [-0.15, -0.1) is 0 Å². The van der Waals surface area contributed by atoms with Crippen LogP contribution in [-0.4, -0.2) is 61.1 Å². The Morgan fingerprint density at radius 2 is 1.78 bits per heavy atom. The molecule has 10 nitrogen and oxygen atoms in total. The summed E-state index contributed by atoms with van der Waals surface area (Å²) in [6.45, 7) is 7.34. The number of aromatic nitrogens is 4. The van der Waals surface area contributed by atoms with Crippen LogP contribution in [0.4, 0.5) is 4.39 Å². The smallest absolute Gasteiger partial charge is 0.258 e. The van der Waals surface area contributed by atoms with E-state index in [1.807, 2.05) is 36.1 Å². The van der Waals surface area contributed by atoms with E-state index in [-0.39, 0.29) is 53.3 Å². The summed E-state index contributed by atoms with van der Waals surface area (Å²) in [5.74, 6) is 1.19. The molecule has 11 heteroatoms. The van der Waals surface area contributed by atoms with Gasteiger partial charge in [-0.2, -0.15) is 15.2 Å². The van der Waals surface area contributed by atoms with Gasteiger partial charge < -0.3 is 19.1 Å². The molecule has 0 bridgehead atoms. The van der Waals surface area contributed by atoms with Gasteiger partial charge in [0.15, 0.2) is 5.82 Å². The van der Waals surface area contributed by atoms with Crippen LogP contribution in [0.2, 0.25) is 0 Å². The molecule has 2 atom stereocenters. The topological polar surface area (TPSA) is 115 Å². The monoisotopic (exact) mass is 610 g/mol. The fraction of sp³-hybridized carbons (Fsp3) is 0.412. The minimum absolute atomic E-state index is 0.0150. The van der Waals surface area contributed by atoms with Gasteiger partial charge in [0.1, 0.15) is 17.3 Å². The quantitative estimate of drug-likeness (QED) is 0.224. The predicted molar refractivity (Wildman–Crippen MR) is 163 cm³/mol. The van der Waals surface area contributed by atoms with Gasteiger partial charge in [0.25, 0.3) is 5.89 Å². The van der Waals surface area contributed by atoms with Gasteiger partial charge in [0.2, 0.25) is 11.8 Å². The molecule has 1 saturated carbocycles. The van der Waals surface area contributed by atoms with Gasteiger partial charge in [-0.05, 0) is 73.2 Å². The second kappa shape index (κ2) is 11.7. The molecule has 3 fully saturated rings. The molecule has 2 aromatic carbocycles. The fourth-order valence-corrected chi connectivity index (χ4v) is 6.08. The summed E-state index contributed by atoms with van der Waals surface area (Å²) in [7, 11) is 0. The van der Waals surface area contributed by atoms with Crippen molar-refractivity contribution < 1.29 is 23.2 Å². The lowest BCUT2D eigenvalue weighted by molar-refractivity contribution is -0.129. The summed E-state index contributed by atoms with van der Waals surface area (Å²) < 4.78 is 27.7. The van der Waals surface area contributed by atoms with Gasteiger partial charge in [-0.3, -0.25) is 9.59 Å². The Hall–Kier alpha value is -4.67. The zero-order valence-electron chi connectivity index (χ0n) is 25.6. The van der Waals surface area contributed by atoms with Crippen LogP contribution < -0.4 is 4.74 Å². The summed E-state index contributed by atoms with van der Waals surface area (Å²) in [6, 6.07) is 14.6. The number of halogens is 1. The number of hydrogen-bond acceptors (Lipinski definition) is 8. The average molecular weight is 611 g/mol. The zero-order valence-corrected chi connectivity index (χ0v) is 25.6. The van der Waals surface area contributed by atoms with Crippen molar-refractivity contribution in [3.63, 3.8) is 0 Å². The Morgan fingerprint density at radius 1 is 0.978 bits per heavy atom. The van der Waals surface area contributed by atoms with Crippen LogP contribution in [0.3, 0.4) is 0 Å². The van der Waals surface area contributed by atoms with E-state index in [0.29, 0.717) is 49.1 Å². The Morgan fingerprint density at radius 3 is 2.44 bits per heavy atom. The number of ether oxygens (including phenoxy) is 1. The molecule has 45 heavy (non-hydrogen) atoms. The highest BCUT2D eigenvalue weighted by Crippen LogP contribution is 2.38. The van der Waals surface area contributed by atoms with Crippen molar-refractivity contribution in [2.45, 2.75) is 70.9 Å². The Kier molecular flexibility index (Phi) is 7.55. The number of carbonyl (C=O) groups excluding carboxylic acids is 2. The minimum Gasteiger partial charge on any atom is -0.457 e. The standard InChI is InChI=1S/C34H35FN6O4/c1-19(2)28-10-11-29(38-37-28)21-4-8-25(9-5-21)44-30-14-22(13-27(35)26(30)18-40-16-20(3)12-31(40)42)34-36-33(39-45-34)23-15-32(43)41(17-23)24-6-7-24/h4-5,8-11,13-14,19-20,23-24H,6-7,12,15-18H2,1-3H3. The molecular weight excluding hydrogens is 575 g/mol. The molecule has 2 amide bonds. The molecule has 3 aliphatic rings. The van der Waals surface area contributed by atoms with Crippen molar-refractivity contribution in [2.24, 2.45) is 5.92 Å². The predicted octanol–water partition coefficient (Wildman–Crippen LogP) is 6.10. The first kappa shape index (κ1) is 29.1. The minimum atomic E-state index is -0.539. The van der Waals surface area contributed by atoms with Crippen LogP contribution in [0.25, 0.3) is 22.7 Å². The highest BCUT2D eigenvalue weighted by atomic mass is 19.1. The number of hydrogen-bond donors (Lipinski definition) is 0. The second-order valence-corrected chi connectivity index (χ2v) is 12.8. The summed E-state index contributed by atoms with van der Waals surface area (Å²) in [4.78, 5) is 33.2. The zero-order chi connectivity index (χ0) is 31.2. The SMILES string of the molecule is CC1CC(=O)N(Cc2c(F)cc(-c3nc(C4CC(=O)N(C5CC5)C4)no3)cc2Oc2ccc(-c3ccc(C(C)C)nn3)cc2)C1. The van der Waals surface area contributed by atoms with Crippen LogP contribution in [0.15, 0.2) is 53.1 Å². The number of nitrogens with zero attached hydrogens (tertiary/aromatic N) is 6. The Bertz CT molecular complexity index is 1730. The lowest BCUT2D eigenvalue weighted by Crippen LogP contribution is -2.27. The van der Waals surface area contributed by atoms with Gasteiger partial charge >= 0.3 is 0 Å². The van der Waals surface area contributed by atoms with Crippen LogP contribution in [0.1, 0.15) is 75.4 Å². The van der Waals surface area contributed by atoms with E-state index in [1.165, 1.54) is 6.07 Å². The van der Waals surface area contributed by atoms with Crippen molar-refractivity contribution in [2.75, 3.05) is 13.1 Å². The second-order valence-electron chi connectivity index (χ2n) is 12.8. The van der Waals surface area contributed by atoms with E-state index in [9.17, 15) is 9.59 Å². The third kappa shape index (κ3) is 6.03. The first-order valence-electron chi connectivity index (χ1n) is 15.6. The number of carbonyl (C=O) groups is 2. The van der Waals surface area contributed by atoms with Crippen LogP contribution in [0.5, 0.6) is 11.5 Å². The van der Waals surface area contributed by atoms with Crippen molar-refractivity contribution in [1.29, 1.82) is 0 Å². The highest BCUT2D eigenvalue weighted by molar-refractivity contribution is 5.80. The van der Waals surface area contributed by atoms with Crippen LogP contribution in [0, 0.1) is 11.7 Å². The Balaban J connectivity index is 1.17. The summed E-state index contributed by atoms with van der Waals surface area (Å²) in [5.41, 5.74) is 3.14. The van der Waals surface area contributed by atoms with Gasteiger partial charge in [0, 0.05) is 54.6 Å². The normalized spacial score (nSPS) is 20.1. The third-order valence-electron chi connectivity index (χ3n) is 8.77.